The van der Waals surface area contributed by atoms with Crippen molar-refractivity contribution < 1.29 is 14.3 Å². The molecule has 0 saturated carbocycles. The Balaban J connectivity index is 1.78. The Hall–Kier alpha value is -2.44. The molecule has 0 radical (unpaired) electrons. The first kappa shape index (κ1) is 17.4. The van der Waals surface area contributed by atoms with Gasteiger partial charge in [-0.1, -0.05) is 0 Å². The van der Waals surface area contributed by atoms with Crippen LogP contribution < -0.4 is 0 Å². The van der Waals surface area contributed by atoms with Gasteiger partial charge in [0, 0.05) is 25.5 Å². The molecule has 25 heavy (non-hydrogen) atoms. The Bertz CT molecular complexity index is 819. The Kier molecular flexibility index (Phi) is 4.74. The number of rotatable bonds is 3. The summed E-state index contributed by atoms with van der Waals surface area (Å²) in [6.07, 6.45) is 1.29. The molecular formula is C18H24N4O3. The lowest BCUT2D eigenvalue weighted by Crippen LogP contribution is -2.41. The summed E-state index contributed by atoms with van der Waals surface area (Å²) in [5, 5.41) is 5.27. The highest BCUT2D eigenvalue weighted by Crippen LogP contribution is 2.24. The predicted molar refractivity (Wildman–Crippen MR) is 93.2 cm³/mol. The van der Waals surface area contributed by atoms with Crippen molar-refractivity contribution in [3.8, 4) is 0 Å². The predicted octanol–water partition coefficient (Wildman–Crippen LogP) is 2.00. The zero-order chi connectivity index (χ0) is 18.1. The fourth-order valence-electron chi connectivity index (χ4n) is 3.40. The molecule has 1 fully saturated rings. The second kappa shape index (κ2) is 6.82. The average molecular weight is 344 g/mol. The number of hydrogen-bond acceptors (Lipinski definition) is 5. The van der Waals surface area contributed by atoms with Crippen LogP contribution in [0.1, 0.15) is 41.5 Å². The standard InChI is InChI=1S/C18H24N4O3/c1-5-25-18(24)13-6-8-22(9-7-13)17(23)15-10-14-12(3)20-21(4)16(14)19-11(15)2/h10,13H,5-9H2,1-4H3. The lowest BCUT2D eigenvalue weighted by atomic mass is 9.96. The summed E-state index contributed by atoms with van der Waals surface area (Å²) < 4.78 is 6.82. The van der Waals surface area contributed by atoms with Crippen molar-refractivity contribution in [2.75, 3.05) is 19.7 Å². The summed E-state index contributed by atoms with van der Waals surface area (Å²) in [7, 11) is 1.85. The molecule has 7 nitrogen and oxygen atoms in total. The van der Waals surface area contributed by atoms with Gasteiger partial charge < -0.3 is 9.64 Å². The second-order valence-corrected chi connectivity index (χ2v) is 6.52. The summed E-state index contributed by atoms with van der Waals surface area (Å²) in [5.41, 5.74) is 2.96. The van der Waals surface area contributed by atoms with Gasteiger partial charge in [-0.2, -0.15) is 5.10 Å². The van der Waals surface area contributed by atoms with Crippen LogP contribution in [0.15, 0.2) is 6.07 Å². The van der Waals surface area contributed by atoms with Gasteiger partial charge >= 0.3 is 5.97 Å². The molecule has 1 aliphatic heterocycles. The van der Waals surface area contributed by atoms with Gasteiger partial charge in [-0.15, -0.1) is 0 Å². The van der Waals surface area contributed by atoms with Gasteiger partial charge in [0.25, 0.3) is 5.91 Å². The van der Waals surface area contributed by atoms with Crippen LogP contribution in [0, 0.1) is 19.8 Å². The Morgan fingerprint density at radius 2 is 1.92 bits per heavy atom. The average Bonchev–Trinajstić information content (AvgIpc) is 2.87. The molecule has 1 saturated heterocycles. The Labute approximate surface area is 147 Å². The van der Waals surface area contributed by atoms with E-state index in [0.717, 1.165) is 16.7 Å². The lowest BCUT2D eigenvalue weighted by Gasteiger charge is -2.31. The molecule has 3 heterocycles. The van der Waals surface area contributed by atoms with Gasteiger partial charge in [-0.25, -0.2) is 4.98 Å². The van der Waals surface area contributed by atoms with E-state index in [1.54, 1.807) is 9.58 Å². The molecule has 0 aliphatic carbocycles. The molecule has 0 N–H and O–H groups in total. The SMILES string of the molecule is CCOC(=O)C1CCN(C(=O)c2cc3c(C)nn(C)c3nc2C)CC1. The normalized spacial score (nSPS) is 15.6. The van der Waals surface area contributed by atoms with Crippen molar-refractivity contribution in [2.45, 2.75) is 33.6 Å². The van der Waals surface area contributed by atoms with E-state index < -0.39 is 0 Å². The topological polar surface area (TPSA) is 77.3 Å². The number of ether oxygens (including phenoxy) is 1. The lowest BCUT2D eigenvalue weighted by molar-refractivity contribution is -0.149. The van der Waals surface area contributed by atoms with E-state index in [-0.39, 0.29) is 17.8 Å². The van der Waals surface area contributed by atoms with Crippen molar-refractivity contribution in [1.29, 1.82) is 0 Å². The number of amides is 1. The number of piperidine rings is 1. The van der Waals surface area contributed by atoms with Gasteiger partial charge in [0.15, 0.2) is 5.65 Å². The van der Waals surface area contributed by atoms with E-state index in [4.69, 9.17) is 4.74 Å². The fourth-order valence-corrected chi connectivity index (χ4v) is 3.40. The maximum atomic E-state index is 12.9. The summed E-state index contributed by atoms with van der Waals surface area (Å²) in [5.74, 6) is -0.288. The van der Waals surface area contributed by atoms with Crippen LogP contribution in [0.2, 0.25) is 0 Å². The minimum Gasteiger partial charge on any atom is -0.466 e. The first-order valence-electron chi connectivity index (χ1n) is 8.69. The van der Waals surface area contributed by atoms with E-state index in [1.807, 2.05) is 33.9 Å². The number of carbonyl (C=O) groups excluding carboxylic acids is 2. The van der Waals surface area contributed by atoms with Crippen LogP contribution in [0.3, 0.4) is 0 Å². The van der Waals surface area contributed by atoms with Crippen LogP contribution in [0.25, 0.3) is 11.0 Å². The number of aryl methyl sites for hydroxylation is 3. The summed E-state index contributed by atoms with van der Waals surface area (Å²) >= 11 is 0. The summed E-state index contributed by atoms with van der Waals surface area (Å²) in [6.45, 7) is 7.09. The number of nitrogens with zero attached hydrogens (tertiary/aromatic N) is 4. The second-order valence-electron chi connectivity index (χ2n) is 6.52. The zero-order valence-corrected chi connectivity index (χ0v) is 15.2. The first-order chi connectivity index (χ1) is 11.9. The molecule has 3 rings (SSSR count). The molecule has 7 heteroatoms. The van der Waals surface area contributed by atoms with Gasteiger partial charge in [0.2, 0.25) is 0 Å². The third-order valence-corrected chi connectivity index (χ3v) is 4.82. The molecular weight excluding hydrogens is 320 g/mol. The van der Waals surface area contributed by atoms with Crippen LogP contribution >= 0.6 is 0 Å². The van der Waals surface area contributed by atoms with Crippen molar-refractivity contribution in [3.63, 3.8) is 0 Å². The molecule has 0 bridgehead atoms. The molecule has 0 spiro atoms. The number of aromatic nitrogens is 3. The van der Waals surface area contributed by atoms with Crippen LogP contribution in [-0.4, -0.2) is 51.2 Å². The Morgan fingerprint density at radius 3 is 2.56 bits per heavy atom. The van der Waals surface area contributed by atoms with E-state index >= 15 is 0 Å². The van der Waals surface area contributed by atoms with Crippen LogP contribution in [0.5, 0.6) is 0 Å². The van der Waals surface area contributed by atoms with E-state index in [2.05, 4.69) is 10.1 Å². The molecule has 0 aromatic carbocycles. The number of pyridine rings is 1. The molecule has 1 aliphatic rings. The third-order valence-electron chi connectivity index (χ3n) is 4.82. The maximum Gasteiger partial charge on any atom is 0.309 e. The molecule has 0 unspecified atom stereocenters. The quantitative estimate of drug-likeness (QED) is 0.796. The number of esters is 1. The monoisotopic (exact) mass is 344 g/mol. The smallest absolute Gasteiger partial charge is 0.309 e. The number of carbonyl (C=O) groups is 2. The maximum absolute atomic E-state index is 12.9. The highest BCUT2D eigenvalue weighted by molar-refractivity contribution is 5.98. The largest absolute Gasteiger partial charge is 0.466 e. The number of hydrogen-bond donors (Lipinski definition) is 0. The van der Waals surface area contributed by atoms with Crippen molar-refractivity contribution >= 4 is 22.9 Å². The molecule has 2 aromatic rings. The summed E-state index contributed by atoms with van der Waals surface area (Å²) in [4.78, 5) is 31.1. The molecule has 0 atom stereocenters. The summed E-state index contributed by atoms with van der Waals surface area (Å²) in [6, 6.07) is 1.89. The Morgan fingerprint density at radius 1 is 1.24 bits per heavy atom. The van der Waals surface area contributed by atoms with Gasteiger partial charge in [0.1, 0.15) is 0 Å². The van der Waals surface area contributed by atoms with E-state index in [9.17, 15) is 9.59 Å². The van der Waals surface area contributed by atoms with Crippen molar-refractivity contribution in [3.05, 3.63) is 23.0 Å². The molecule has 134 valence electrons. The zero-order valence-electron chi connectivity index (χ0n) is 15.2. The van der Waals surface area contributed by atoms with Crippen molar-refractivity contribution in [1.82, 2.24) is 19.7 Å². The van der Waals surface area contributed by atoms with Gasteiger partial charge in [-0.3, -0.25) is 14.3 Å². The number of likely N-dealkylation sites (tertiary alicyclic amines) is 1. The minimum atomic E-state index is -0.153. The van der Waals surface area contributed by atoms with Crippen LogP contribution in [-0.2, 0) is 16.6 Å². The van der Waals surface area contributed by atoms with Crippen molar-refractivity contribution in [2.24, 2.45) is 13.0 Å². The van der Waals surface area contributed by atoms with E-state index in [1.165, 1.54) is 0 Å². The fraction of sp³-hybridized carbons (Fsp3) is 0.556. The van der Waals surface area contributed by atoms with E-state index in [0.29, 0.717) is 43.8 Å². The number of fused-ring (bicyclic) bond motifs is 1. The van der Waals surface area contributed by atoms with Gasteiger partial charge in [-0.05, 0) is 39.7 Å². The molecule has 2 aromatic heterocycles. The van der Waals surface area contributed by atoms with Gasteiger partial charge in [0.05, 0.1) is 29.5 Å². The highest BCUT2D eigenvalue weighted by Gasteiger charge is 2.29. The third kappa shape index (κ3) is 3.23. The first-order valence-corrected chi connectivity index (χ1v) is 8.69. The van der Waals surface area contributed by atoms with Crippen LogP contribution in [0.4, 0.5) is 0 Å². The minimum absolute atomic E-state index is 0.0301. The highest BCUT2D eigenvalue weighted by atomic mass is 16.5. The molecule has 1 amide bonds.